The van der Waals surface area contributed by atoms with Crippen molar-refractivity contribution >= 4 is 15.8 Å². The topological polar surface area (TPSA) is 146 Å². The molecule has 0 fully saturated rings. The van der Waals surface area contributed by atoms with E-state index in [1.807, 2.05) is 20.8 Å². The molecule has 4 aromatic rings. The highest BCUT2D eigenvalue weighted by Gasteiger charge is 2.26. The fraction of sp³-hybridized carbons (Fsp3) is 0.286. The lowest BCUT2D eigenvalue weighted by atomic mass is 9.87. The van der Waals surface area contributed by atoms with Crippen LogP contribution in [0, 0.1) is 0 Å². The summed E-state index contributed by atoms with van der Waals surface area (Å²) in [5.74, 6) is -1.70. The first-order chi connectivity index (χ1) is 20.4. The molecule has 0 spiro atoms. The molecular weight excluding hydrogens is 534 g/mol. The average molecular weight is 570 g/mol. The van der Waals surface area contributed by atoms with E-state index < -0.39 is 47.2 Å². The van der Waals surface area contributed by atoms with Crippen molar-refractivity contribution in [3.63, 3.8) is 0 Å². The van der Waals surface area contributed by atoms with Gasteiger partial charge in [0.1, 0.15) is 6.61 Å². The number of sulfonamides is 1. The van der Waals surface area contributed by atoms with E-state index in [2.05, 4.69) is 24.7 Å². The standard InChI is InChI=1S/C28H31N5O6S/c1-5-37-21-9-6-7-10-22(21)39-23-24(33-40(35,36)20-13-11-19(12-14-20)28(2,3)4)31-26(25-29-15-8-16-30-25)32-27(23)38-18-17-34/h6-16,34H,5,17-18H2,1-4H3,(H,31,32,33)/i5D2,17D2. The normalized spacial score (nSPS) is 13.8. The molecule has 2 aromatic carbocycles. The molecule has 2 heterocycles. The lowest BCUT2D eigenvalue weighted by Crippen LogP contribution is -2.17. The Labute approximate surface area is 238 Å². The summed E-state index contributed by atoms with van der Waals surface area (Å²) in [6, 6.07) is 13.8. The number of rotatable bonds is 11. The molecule has 4 rings (SSSR count). The van der Waals surface area contributed by atoms with Crippen LogP contribution in [0.15, 0.2) is 71.9 Å². The molecule has 0 atom stereocenters. The summed E-state index contributed by atoms with van der Waals surface area (Å²) >= 11 is 0. The summed E-state index contributed by atoms with van der Waals surface area (Å²) in [5.41, 5.74) is 0.689. The van der Waals surface area contributed by atoms with Gasteiger partial charge in [-0.05, 0) is 48.2 Å². The molecule has 0 aliphatic rings. The number of hydrogen-bond donors (Lipinski definition) is 2. The minimum Gasteiger partial charge on any atom is -0.490 e. The van der Waals surface area contributed by atoms with Gasteiger partial charge in [-0.1, -0.05) is 45.0 Å². The van der Waals surface area contributed by atoms with E-state index in [0.717, 1.165) is 5.56 Å². The van der Waals surface area contributed by atoms with Crippen molar-refractivity contribution in [1.29, 1.82) is 0 Å². The Balaban J connectivity index is 1.89. The van der Waals surface area contributed by atoms with Gasteiger partial charge < -0.3 is 19.3 Å². The number of ether oxygens (including phenoxy) is 3. The first-order valence-electron chi connectivity index (χ1n) is 14.1. The predicted molar refractivity (Wildman–Crippen MR) is 149 cm³/mol. The summed E-state index contributed by atoms with van der Waals surface area (Å²) in [6.45, 7) is 1.33. The first-order valence-corrected chi connectivity index (χ1v) is 13.5. The number of aromatic nitrogens is 4. The Kier molecular flexibility index (Phi) is 7.23. The molecule has 0 amide bonds. The van der Waals surface area contributed by atoms with Gasteiger partial charge in [0.2, 0.25) is 11.6 Å². The van der Waals surface area contributed by atoms with E-state index in [4.69, 9.17) is 19.7 Å². The van der Waals surface area contributed by atoms with Crippen LogP contribution in [-0.2, 0) is 15.4 Å². The van der Waals surface area contributed by atoms with Crippen LogP contribution >= 0.6 is 0 Å². The van der Waals surface area contributed by atoms with Crippen LogP contribution in [0.1, 0.15) is 38.7 Å². The smallest absolute Gasteiger partial charge is 0.263 e. The van der Waals surface area contributed by atoms with Gasteiger partial charge in [-0.25, -0.2) is 23.4 Å². The molecule has 210 valence electrons. The van der Waals surface area contributed by atoms with Gasteiger partial charge >= 0.3 is 0 Å². The van der Waals surface area contributed by atoms with Gasteiger partial charge in [-0.2, -0.15) is 4.98 Å². The second-order valence-corrected chi connectivity index (χ2v) is 11.0. The zero-order chi connectivity index (χ0) is 32.3. The maximum Gasteiger partial charge on any atom is 0.263 e. The van der Waals surface area contributed by atoms with E-state index in [9.17, 15) is 13.5 Å². The second-order valence-electron chi connectivity index (χ2n) is 9.28. The molecular formula is C28H31N5O6S. The number of para-hydroxylation sites is 2. The van der Waals surface area contributed by atoms with Crippen molar-refractivity contribution in [2.45, 2.75) is 38.0 Å². The quantitative estimate of drug-likeness (QED) is 0.263. The number of nitrogens with one attached hydrogen (secondary N) is 1. The monoisotopic (exact) mass is 569 g/mol. The van der Waals surface area contributed by atoms with Crippen molar-refractivity contribution in [2.24, 2.45) is 0 Å². The summed E-state index contributed by atoms with van der Waals surface area (Å²) in [4.78, 5) is 16.7. The van der Waals surface area contributed by atoms with E-state index in [1.54, 1.807) is 30.3 Å². The van der Waals surface area contributed by atoms with Gasteiger partial charge in [0.25, 0.3) is 15.9 Å². The Bertz CT molecular complexity index is 1710. The molecule has 0 radical (unpaired) electrons. The number of aliphatic hydroxyl groups is 1. The highest BCUT2D eigenvalue weighted by molar-refractivity contribution is 7.92. The molecule has 11 nitrogen and oxygen atoms in total. The Hall–Kier alpha value is -4.29. The zero-order valence-electron chi connectivity index (χ0n) is 26.2. The maximum atomic E-state index is 13.6. The SMILES string of the molecule is [2H]C([2H])(O)COc1nc(-c2ncccn2)nc(NS(=O)(=O)c2ccc(C(C)(C)C)cc2)c1Oc1ccccc1OC([2H])([2H])C. The molecule has 0 bridgehead atoms. The fourth-order valence-corrected chi connectivity index (χ4v) is 4.47. The lowest BCUT2D eigenvalue weighted by Gasteiger charge is -2.20. The zero-order valence-corrected chi connectivity index (χ0v) is 23.1. The molecule has 40 heavy (non-hydrogen) atoms. The summed E-state index contributed by atoms with van der Waals surface area (Å²) < 4.78 is 77.2. The van der Waals surface area contributed by atoms with Crippen LogP contribution in [0.2, 0.25) is 0 Å². The number of benzene rings is 2. The van der Waals surface area contributed by atoms with Crippen LogP contribution in [0.5, 0.6) is 23.1 Å². The fourth-order valence-electron chi connectivity index (χ4n) is 3.46. The van der Waals surface area contributed by atoms with Gasteiger partial charge in [-0.15, -0.1) is 0 Å². The molecule has 0 unspecified atom stereocenters. The van der Waals surface area contributed by atoms with Crippen LogP contribution < -0.4 is 18.9 Å². The van der Waals surface area contributed by atoms with Gasteiger partial charge in [0, 0.05) is 12.4 Å². The minimum absolute atomic E-state index is 0.0196. The van der Waals surface area contributed by atoms with Crippen molar-refractivity contribution in [2.75, 3.05) is 24.4 Å². The van der Waals surface area contributed by atoms with Crippen LogP contribution in [0.4, 0.5) is 5.82 Å². The van der Waals surface area contributed by atoms with E-state index in [1.165, 1.54) is 43.6 Å². The third kappa shape index (κ3) is 6.82. The molecule has 0 aliphatic heterocycles. The Morgan fingerprint density at radius 2 is 1.60 bits per heavy atom. The number of nitrogens with zero attached hydrogens (tertiary/aromatic N) is 4. The van der Waals surface area contributed by atoms with Crippen molar-refractivity contribution in [1.82, 2.24) is 19.9 Å². The first kappa shape index (κ1) is 23.6. The molecule has 12 heteroatoms. The molecule has 2 N–H and O–H groups in total. The minimum atomic E-state index is -4.32. The van der Waals surface area contributed by atoms with Crippen molar-refractivity contribution in [3.8, 4) is 34.8 Å². The van der Waals surface area contributed by atoms with E-state index in [0.29, 0.717) is 0 Å². The van der Waals surface area contributed by atoms with E-state index in [-0.39, 0.29) is 33.5 Å². The largest absolute Gasteiger partial charge is 0.490 e. The Morgan fingerprint density at radius 3 is 2.23 bits per heavy atom. The van der Waals surface area contributed by atoms with Crippen LogP contribution in [-0.4, -0.2) is 53.2 Å². The van der Waals surface area contributed by atoms with Gasteiger partial charge in [0.05, 0.1) is 23.5 Å². The van der Waals surface area contributed by atoms with Crippen LogP contribution in [0.3, 0.4) is 0 Å². The van der Waals surface area contributed by atoms with Gasteiger partial charge in [0.15, 0.2) is 23.1 Å². The number of hydrogen-bond acceptors (Lipinski definition) is 10. The third-order valence-electron chi connectivity index (χ3n) is 5.41. The van der Waals surface area contributed by atoms with Crippen molar-refractivity contribution in [3.05, 3.63) is 72.6 Å². The van der Waals surface area contributed by atoms with Crippen molar-refractivity contribution < 1.29 is 33.2 Å². The average Bonchev–Trinajstić information content (AvgIpc) is 2.92. The summed E-state index contributed by atoms with van der Waals surface area (Å²) in [5, 5.41) is 9.73. The Morgan fingerprint density at radius 1 is 0.925 bits per heavy atom. The van der Waals surface area contributed by atoms with Gasteiger partial charge in [-0.3, -0.25) is 4.72 Å². The summed E-state index contributed by atoms with van der Waals surface area (Å²) in [7, 11) is -4.32. The summed E-state index contributed by atoms with van der Waals surface area (Å²) in [6.07, 6.45) is 2.83. The predicted octanol–water partition coefficient (Wildman–Crippen LogP) is 4.59. The molecule has 0 aliphatic carbocycles. The molecule has 0 saturated carbocycles. The maximum absolute atomic E-state index is 13.6. The third-order valence-corrected chi connectivity index (χ3v) is 6.76. The highest BCUT2D eigenvalue weighted by Crippen LogP contribution is 2.41. The second kappa shape index (κ2) is 12.3. The highest BCUT2D eigenvalue weighted by atomic mass is 32.2. The number of anilines is 1. The lowest BCUT2D eigenvalue weighted by molar-refractivity contribution is 0.192. The van der Waals surface area contributed by atoms with Crippen LogP contribution in [0.25, 0.3) is 11.6 Å². The van der Waals surface area contributed by atoms with E-state index >= 15 is 0 Å². The molecule has 0 saturated heterocycles. The molecule has 2 aromatic heterocycles.